The first kappa shape index (κ1) is 17.5. The molecule has 1 unspecified atom stereocenters. The van der Waals surface area contributed by atoms with Crippen molar-refractivity contribution in [3.63, 3.8) is 0 Å². The molecule has 0 aliphatic carbocycles. The van der Waals surface area contributed by atoms with Gasteiger partial charge in [0, 0.05) is 18.0 Å². The number of nitrogens with one attached hydrogen (secondary N) is 2. The fraction of sp³-hybridized carbons (Fsp3) is 0.467. The van der Waals surface area contributed by atoms with E-state index in [1.807, 2.05) is 18.2 Å². The predicted molar refractivity (Wildman–Crippen MR) is 86.4 cm³/mol. The molecule has 0 aliphatic heterocycles. The second-order valence-electron chi connectivity index (χ2n) is 4.79. The van der Waals surface area contributed by atoms with E-state index in [1.54, 1.807) is 25.6 Å². The zero-order valence-corrected chi connectivity index (χ0v) is 13.8. The van der Waals surface area contributed by atoms with Crippen molar-refractivity contribution in [2.45, 2.75) is 31.3 Å². The molecule has 6 heteroatoms. The Hall–Kier alpha value is -1.53. The minimum Gasteiger partial charge on any atom is -0.338 e. The van der Waals surface area contributed by atoms with Gasteiger partial charge in [0.1, 0.15) is 0 Å². The van der Waals surface area contributed by atoms with Crippen LogP contribution in [0.4, 0.5) is 4.79 Å². The van der Waals surface area contributed by atoms with Gasteiger partial charge >= 0.3 is 6.03 Å². The molecule has 0 aliphatic rings. The van der Waals surface area contributed by atoms with Crippen molar-refractivity contribution >= 4 is 23.7 Å². The van der Waals surface area contributed by atoms with Gasteiger partial charge in [-0.25, -0.2) is 4.79 Å². The normalized spacial score (nSPS) is 12.0. The van der Waals surface area contributed by atoms with E-state index in [0.717, 1.165) is 5.56 Å². The third kappa shape index (κ3) is 5.77. The molecule has 2 N–H and O–H groups in total. The molecular weight excluding hydrogens is 286 g/mol. The van der Waals surface area contributed by atoms with E-state index in [2.05, 4.69) is 34.9 Å². The summed E-state index contributed by atoms with van der Waals surface area (Å²) in [4.78, 5) is 26.4. The summed E-state index contributed by atoms with van der Waals surface area (Å²) in [5, 5.41) is 4.87. The Morgan fingerprint density at radius 3 is 2.43 bits per heavy atom. The Labute approximate surface area is 130 Å². The van der Waals surface area contributed by atoms with Gasteiger partial charge in [-0.05, 0) is 44.8 Å². The fourth-order valence-electron chi connectivity index (χ4n) is 1.78. The van der Waals surface area contributed by atoms with Crippen LogP contribution in [0.3, 0.4) is 0 Å². The zero-order valence-electron chi connectivity index (χ0n) is 13.0. The molecule has 0 saturated carbocycles. The van der Waals surface area contributed by atoms with Crippen molar-refractivity contribution in [3.8, 4) is 0 Å². The smallest absolute Gasteiger partial charge is 0.321 e. The number of carbonyl (C=O) groups excluding carboxylic acids is 2. The van der Waals surface area contributed by atoms with Crippen LogP contribution in [0.2, 0.25) is 0 Å². The topological polar surface area (TPSA) is 61.4 Å². The lowest BCUT2D eigenvalue weighted by molar-refractivity contribution is -0.124. The highest BCUT2D eigenvalue weighted by atomic mass is 32.2. The van der Waals surface area contributed by atoms with Gasteiger partial charge < -0.3 is 5.32 Å². The van der Waals surface area contributed by atoms with Crippen LogP contribution in [0, 0.1) is 0 Å². The van der Waals surface area contributed by atoms with Crippen molar-refractivity contribution in [3.05, 3.63) is 29.8 Å². The number of imide groups is 1. The van der Waals surface area contributed by atoms with E-state index < -0.39 is 6.03 Å². The first-order chi connectivity index (χ1) is 9.97. The molecule has 0 aromatic heterocycles. The first-order valence-electron chi connectivity index (χ1n) is 6.89. The van der Waals surface area contributed by atoms with Gasteiger partial charge in [0.05, 0.1) is 6.04 Å². The van der Waals surface area contributed by atoms with Gasteiger partial charge in [-0.1, -0.05) is 12.1 Å². The number of thioether (sulfide) groups is 1. The Morgan fingerprint density at radius 2 is 1.90 bits per heavy atom. The summed E-state index contributed by atoms with van der Waals surface area (Å²) in [6, 6.07) is 7.40. The molecule has 0 heterocycles. The monoisotopic (exact) mass is 309 g/mol. The number of rotatable bonds is 6. The lowest BCUT2D eigenvalue weighted by Gasteiger charge is -2.23. The summed E-state index contributed by atoms with van der Waals surface area (Å²) in [6.07, 6.45) is 2.04. The van der Waals surface area contributed by atoms with E-state index in [9.17, 15) is 9.59 Å². The Balaban J connectivity index is 2.54. The van der Waals surface area contributed by atoms with E-state index in [1.165, 1.54) is 4.90 Å². The summed E-state index contributed by atoms with van der Waals surface area (Å²) in [6.45, 7) is 4.73. The molecule has 1 aromatic carbocycles. The fourth-order valence-corrected chi connectivity index (χ4v) is 2.19. The summed E-state index contributed by atoms with van der Waals surface area (Å²) < 4.78 is 0. The Morgan fingerprint density at radius 1 is 1.29 bits per heavy atom. The third-order valence-corrected chi connectivity index (χ3v) is 3.95. The van der Waals surface area contributed by atoms with Crippen molar-refractivity contribution < 1.29 is 9.59 Å². The van der Waals surface area contributed by atoms with Crippen LogP contribution in [0.25, 0.3) is 0 Å². The average Bonchev–Trinajstić information content (AvgIpc) is 2.47. The average molecular weight is 309 g/mol. The molecular formula is C15H23N3O2S. The number of likely N-dealkylation sites (N-methyl/N-ethyl adjacent to an activating group) is 1. The first-order valence-corrected chi connectivity index (χ1v) is 8.12. The van der Waals surface area contributed by atoms with Crippen LogP contribution in [0.1, 0.15) is 19.4 Å². The zero-order chi connectivity index (χ0) is 15.8. The molecule has 1 aromatic rings. The van der Waals surface area contributed by atoms with Crippen molar-refractivity contribution in [2.75, 3.05) is 19.8 Å². The van der Waals surface area contributed by atoms with Gasteiger partial charge in [0.2, 0.25) is 5.91 Å². The van der Waals surface area contributed by atoms with E-state index in [4.69, 9.17) is 0 Å². The molecule has 0 bridgehead atoms. The second-order valence-corrected chi connectivity index (χ2v) is 5.67. The van der Waals surface area contributed by atoms with Gasteiger partial charge in [0.25, 0.3) is 0 Å². The van der Waals surface area contributed by atoms with Crippen LogP contribution in [0.15, 0.2) is 29.2 Å². The molecule has 0 fully saturated rings. The SMILES string of the molecule is CCNC(=O)NC(=O)C(C)N(C)Cc1ccc(SC)cc1. The molecule has 0 radical (unpaired) electrons. The van der Waals surface area contributed by atoms with Crippen LogP contribution in [0.5, 0.6) is 0 Å². The maximum absolute atomic E-state index is 11.9. The highest BCUT2D eigenvalue weighted by Crippen LogP contribution is 2.16. The largest absolute Gasteiger partial charge is 0.338 e. The van der Waals surface area contributed by atoms with Crippen LogP contribution >= 0.6 is 11.8 Å². The van der Waals surface area contributed by atoms with Crippen molar-refractivity contribution in [1.29, 1.82) is 0 Å². The summed E-state index contributed by atoms with van der Waals surface area (Å²) in [5.74, 6) is -0.302. The lowest BCUT2D eigenvalue weighted by Crippen LogP contribution is -2.48. The maximum Gasteiger partial charge on any atom is 0.321 e. The summed E-state index contributed by atoms with van der Waals surface area (Å²) >= 11 is 1.70. The predicted octanol–water partition coefficient (Wildman–Crippen LogP) is 2.07. The highest BCUT2D eigenvalue weighted by Gasteiger charge is 2.19. The van der Waals surface area contributed by atoms with E-state index in [-0.39, 0.29) is 11.9 Å². The number of hydrogen-bond acceptors (Lipinski definition) is 4. The van der Waals surface area contributed by atoms with E-state index >= 15 is 0 Å². The van der Waals surface area contributed by atoms with Gasteiger partial charge in [-0.15, -0.1) is 11.8 Å². The maximum atomic E-state index is 11.9. The number of nitrogens with zero attached hydrogens (tertiary/aromatic N) is 1. The number of urea groups is 1. The minimum absolute atomic E-state index is 0.302. The van der Waals surface area contributed by atoms with Crippen LogP contribution in [-0.2, 0) is 11.3 Å². The van der Waals surface area contributed by atoms with Crippen molar-refractivity contribution in [2.24, 2.45) is 0 Å². The lowest BCUT2D eigenvalue weighted by atomic mass is 10.2. The van der Waals surface area contributed by atoms with Gasteiger partial charge in [-0.2, -0.15) is 0 Å². The molecule has 1 rings (SSSR count). The molecule has 0 saturated heterocycles. The second kappa shape index (κ2) is 8.69. The van der Waals surface area contributed by atoms with Crippen LogP contribution in [-0.4, -0.2) is 42.7 Å². The van der Waals surface area contributed by atoms with Gasteiger partial charge in [-0.3, -0.25) is 15.0 Å². The summed E-state index contributed by atoms with van der Waals surface area (Å²) in [7, 11) is 1.87. The molecule has 1 atom stereocenters. The van der Waals surface area contributed by atoms with Crippen LogP contribution < -0.4 is 10.6 Å². The third-order valence-electron chi connectivity index (χ3n) is 3.21. The van der Waals surface area contributed by atoms with Crippen molar-refractivity contribution in [1.82, 2.24) is 15.5 Å². The number of benzene rings is 1. The van der Waals surface area contributed by atoms with Gasteiger partial charge in [0.15, 0.2) is 0 Å². The Bertz CT molecular complexity index is 476. The number of amides is 3. The molecule has 5 nitrogen and oxygen atoms in total. The standard InChI is InChI=1S/C15H23N3O2S/c1-5-16-15(20)17-14(19)11(2)18(3)10-12-6-8-13(21-4)9-7-12/h6-9,11H,5,10H2,1-4H3,(H2,16,17,19,20). The number of hydrogen-bond donors (Lipinski definition) is 2. The molecule has 3 amide bonds. The molecule has 21 heavy (non-hydrogen) atoms. The molecule has 116 valence electrons. The molecule has 0 spiro atoms. The van der Waals surface area contributed by atoms with E-state index in [0.29, 0.717) is 13.1 Å². The minimum atomic E-state index is -0.452. The Kier molecular flexibility index (Phi) is 7.25. The highest BCUT2D eigenvalue weighted by molar-refractivity contribution is 7.98. The number of carbonyl (C=O) groups is 2. The summed E-state index contributed by atoms with van der Waals surface area (Å²) in [5.41, 5.74) is 1.13. The quantitative estimate of drug-likeness (QED) is 0.790.